The maximum Gasteiger partial charge on any atom is 0.164 e. The largest absolute Gasteiger partial charge is 0.489 e. The minimum Gasteiger partial charge on any atom is -0.489 e. The molecule has 1 aliphatic rings. The van der Waals surface area contributed by atoms with Gasteiger partial charge in [0.25, 0.3) is 0 Å². The van der Waals surface area contributed by atoms with E-state index in [9.17, 15) is 4.79 Å². The fourth-order valence-corrected chi connectivity index (χ4v) is 3.44. The Kier molecular flexibility index (Phi) is 5.25. The Morgan fingerprint density at radius 2 is 2.16 bits per heavy atom. The molecule has 0 radical (unpaired) electrons. The molecule has 104 valence electrons. The van der Waals surface area contributed by atoms with Gasteiger partial charge in [0.05, 0.1) is 12.3 Å². The number of Topliss-reactive ketones (excluding diaryl/α,β-unsaturated/α-hetero) is 1. The van der Waals surface area contributed by atoms with Gasteiger partial charge in [0.1, 0.15) is 5.75 Å². The Morgan fingerprint density at radius 1 is 1.42 bits per heavy atom. The predicted octanol–water partition coefficient (Wildman–Crippen LogP) is 3.58. The Balaban J connectivity index is 1.97. The van der Waals surface area contributed by atoms with Gasteiger partial charge in [-0.25, -0.2) is 0 Å². The van der Waals surface area contributed by atoms with E-state index >= 15 is 0 Å². The van der Waals surface area contributed by atoms with Crippen molar-refractivity contribution in [3.63, 3.8) is 0 Å². The summed E-state index contributed by atoms with van der Waals surface area (Å²) < 4.78 is 5.58. The first-order valence-electron chi connectivity index (χ1n) is 6.88. The van der Waals surface area contributed by atoms with Crippen molar-refractivity contribution in [2.75, 3.05) is 11.5 Å². The molecule has 3 nitrogen and oxygen atoms in total. The maximum atomic E-state index is 12.2. The second-order valence-corrected chi connectivity index (χ2v) is 6.48. The molecule has 0 unspecified atom stereocenters. The summed E-state index contributed by atoms with van der Waals surface area (Å²) >= 11 is 1.99. The number of nitrogens with zero attached hydrogens (tertiary/aromatic N) is 1. The molecule has 0 aliphatic carbocycles. The molecule has 0 saturated carbocycles. The van der Waals surface area contributed by atoms with Gasteiger partial charge in [-0.05, 0) is 50.2 Å². The van der Waals surface area contributed by atoms with E-state index in [4.69, 9.17) is 4.74 Å². The minimum absolute atomic E-state index is 0.0996. The number of hydrogen-bond acceptors (Lipinski definition) is 4. The molecule has 19 heavy (non-hydrogen) atoms. The molecule has 4 heteroatoms. The van der Waals surface area contributed by atoms with E-state index in [2.05, 4.69) is 4.98 Å². The van der Waals surface area contributed by atoms with Gasteiger partial charge in [0, 0.05) is 18.2 Å². The number of carbonyl (C=O) groups excluding carboxylic acids is 1. The van der Waals surface area contributed by atoms with Crippen LogP contribution in [0.25, 0.3) is 0 Å². The zero-order chi connectivity index (χ0) is 13.7. The van der Waals surface area contributed by atoms with Crippen molar-refractivity contribution in [1.82, 2.24) is 4.98 Å². The summed E-state index contributed by atoms with van der Waals surface area (Å²) in [7, 11) is 0. The van der Waals surface area contributed by atoms with Crippen molar-refractivity contribution >= 4 is 17.5 Å². The predicted molar refractivity (Wildman–Crippen MR) is 79.0 cm³/mol. The second-order valence-electron chi connectivity index (χ2n) is 5.26. The van der Waals surface area contributed by atoms with Crippen molar-refractivity contribution in [3.8, 4) is 5.75 Å². The molecule has 1 saturated heterocycles. The quantitative estimate of drug-likeness (QED) is 0.772. The highest BCUT2D eigenvalue weighted by molar-refractivity contribution is 7.99. The number of aromatic nitrogens is 1. The van der Waals surface area contributed by atoms with E-state index in [0.29, 0.717) is 23.7 Å². The molecule has 0 spiro atoms. The molecular formula is C15H21NO2S. The molecule has 0 aromatic carbocycles. The average Bonchev–Trinajstić information content (AvgIpc) is 2.39. The lowest BCUT2D eigenvalue weighted by Crippen LogP contribution is -2.15. The van der Waals surface area contributed by atoms with Gasteiger partial charge >= 0.3 is 0 Å². The Morgan fingerprint density at radius 3 is 2.84 bits per heavy atom. The van der Waals surface area contributed by atoms with Crippen LogP contribution in [0.1, 0.15) is 43.5 Å². The number of pyridine rings is 1. The third kappa shape index (κ3) is 4.53. The smallest absolute Gasteiger partial charge is 0.164 e. The van der Waals surface area contributed by atoms with Gasteiger partial charge in [-0.2, -0.15) is 11.8 Å². The van der Waals surface area contributed by atoms with Crippen LogP contribution >= 0.6 is 11.8 Å². The standard InChI is InChI=1S/C15H21NO2S/c1-11(2)18-14-8-13(9-16-10-14)15(17)7-12-3-5-19-6-4-12/h8-12H,3-7H2,1-2H3. The molecule has 0 amide bonds. The molecule has 1 fully saturated rings. The number of rotatable bonds is 5. The summed E-state index contributed by atoms with van der Waals surface area (Å²) in [6.45, 7) is 3.93. The van der Waals surface area contributed by atoms with Crippen LogP contribution < -0.4 is 4.74 Å². The topological polar surface area (TPSA) is 39.2 Å². The normalized spacial score (nSPS) is 16.6. The SMILES string of the molecule is CC(C)Oc1cncc(C(=O)CC2CCSCC2)c1. The third-order valence-corrected chi connectivity index (χ3v) is 4.27. The maximum absolute atomic E-state index is 12.2. The Bertz CT molecular complexity index is 428. The van der Waals surface area contributed by atoms with Crippen LogP contribution in [0.5, 0.6) is 5.75 Å². The van der Waals surface area contributed by atoms with Crippen LogP contribution in [0.2, 0.25) is 0 Å². The van der Waals surface area contributed by atoms with Crippen molar-refractivity contribution in [3.05, 3.63) is 24.0 Å². The van der Waals surface area contributed by atoms with E-state index in [-0.39, 0.29) is 11.9 Å². The number of ketones is 1. The summed E-state index contributed by atoms with van der Waals surface area (Å²) in [5, 5.41) is 0. The van der Waals surface area contributed by atoms with E-state index in [1.165, 1.54) is 11.5 Å². The fraction of sp³-hybridized carbons (Fsp3) is 0.600. The van der Waals surface area contributed by atoms with E-state index in [1.807, 2.05) is 31.7 Å². The van der Waals surface area contributed by atoms with Gasteiger partial charge in [0.15, 0.2) is 5.78 Å². The zero-order valence-electron chi connectivity index (χ0n) is 11.6. The van der Waals surface area contributed by atoms with Gasteiger partial charge in [-0.1, -0.05) is 0 Å². The highest BCUT2D eigenvalue weighted by Crippen LogP contribution is 2.27. The number of ether oxygens (including phenoxy) is 1. The highest BCUT2D eigenvalue weighted by atomic mass is 32.2. The molecule has 1 aliphatic heterocycles. The van der Waals surface area contributed by atoms with Gasteiger partial charge in [-0.3, -0.25) is 9.78 Å². The average molecular weight is 279 g/mol. The fourth-order valence-electron chi connectivity index (χ4n) is 2.24. The van der Waals surface area contributed by atoms with Crippen molar-refractivity contribution in [2.45, 2.75) is 39.2 Å². The van der Waals surface area contributed by atoms with Crippen LogP contribution in [0.4, 0.5) is 0 Å². The summed E-state index contributed by atoms with van der Waals surface area (Å²) in [5.41, 5.74) is 0.677. The summed E-state index contributed by atoms with van der Waals surface area (Å²) in [6.07, 6.45) is 6.37. The van der Waals surface area contributed by atoms with Gasteiger partial charge < -0.3 is 4.74 Å². The van der Waals surface area contributed by atoms with Crippen molar-refractivity contribution in [2.24, 2.45) is 5.92 Å². The summed E-state index contributed by atoms with van der Waals surface area (Å²) in [6, 6.07) is 1.81. The van der Waals surface area contributed by atoms with Crippen LogP contribution in [-0.4, -0.2) is 28.4 Å². The lowest BCUT2D eigenvalue weighted by molar-refractivity contribution is 0.0957. The van der Waals surface area contributed by atoms with Gasteiger partial charge in [-0.15, -0.1) is 0 Å². The molecule has 0 bridgehead atoms. The first kappa shape index (κ1) is 14.4. The summed E-state index contributed by atoms with van der Waals surface area (Å²) in [4.78, 5) is 16.4. The Hall–Kier alpha value is -1.03. The number of thioether (sulfide) groups is 1. The molecule has 0 N–H and O–H groups in total. The lowest BCUT2D eigenvalue weighted by Gasteiger charge is -2.20. The van der Waals surface area contributed by atoms with Crippen LogP contribution in [-0.2, 0) is 0 Å². The molecule has 2 heterocycles. The van der Waals surface area contributed by atoms with E-state index < -0.39 is 0 Å². The minimum atomic E-state index is 0.0996. The van der Waals surface area contributed by atoms with Crippen molar-refractivity contribution < 1.29 is 9.53 Å². The third-order valence-electron chi connectivity index (χ3n) is 3.22. The summed E-state index contributed by atoms with van der Waals surface area (Å²) in [5.74, 6) is 3.79. The first-order chi connectivity index (χ1) is 9.15. The van der Waals surface area contributed by atoms with Crippen LogP contribution in [0, 0.1) is 5.92 Å². The zero-order valence-corrected chi connectivity index (χ0v) is 12.4. The number of carbonyl (C=O) groups is 1. The second kappa shape index (κ2) is 6.94. The molecule has 1 aromatic rings. The van der Waals surface area contributed by atoms with Gasteiger partial charge in [0.2, 0.25) is 0 Å². The van der Waals surface area contributed by atoms with E-state index in [1.54, 1.807) is 12.4 Å². The first-order valence-corrected chi connectivity index (χ1v) is 8.03. The number of hydrogen-bond donors (Lipinski definition) is 0. The Labute approximate surface area is 119 Å². The van der Waals surface area contributed by atoms with Crippen LogP contribution in [0.15, 0.2) is 18.5 Å². The molecule has 1 aromatic heterocycles. The molecule has 0 atom stereocenters. The van der Waals surface area contributed by atoms with Crippen LogP contribution in [0.3, 0.4) is 0 Å². The highest BCUT2D eigenvalue weighted by Gasteiger charge is 2.18. The van der Waals surface area contributed by atoms with E-state index in [0.717, 1.165) is 12.8 Å². The monoisotopic (exact) mass is 279 g/mol. The lowest BCUT2D eigenvalue weighted by atomic mass is 9.94. The van der Waals surface area contributed by atoms with Crippen molar-refractivity contribution in [1.29, 1.82) is 0 Å². The molecular weight excluding hydrogens is 258 g/mol. The molecule has 2 rings (SSSR count).